The molecule has 5 nitrogen and oxygen atoms in total. The van der Waals surface area contributed by atoms with Gasteiger partial charge in [0.2, 0.25) is 0 Å². The maximum absolute atomic E-state index is 11.8. The highest BCUT2D eigenvalue weighted by atomic mass is 32.1. The van der Waals surface area contributed by atoms with E-state index in [0.717, 1.165) is 4.88 Å². The van der Waals surface area contributed by atoms with Crippen molar-refractivity contribution in [3.63, 3.8) is 0 Å². The molecule has 0 saturated carbocycles. The Balaban J connectivity index is 2.70. The van der Waals surface area contributed by atoms with Crippen LogP contribution in [-0.2, 0) is 4.79 Å². The summed E-state index contributed by atoms with van der Waals surface area (Å²) in [5.41, 5.74) is 0. The summed E-state index contributed by atoms with van der Waals surface area (Å²) in [7, 11) is 0. The molecular formula is C15H23NO4S. The van der Waals surface area contributed by atoms with E-state index in [0.29, 0.717) is 5.92 Å². The Bertz CT molecular complexity index is 508. The number of hydrogen-bond acceptors (Lipinski definition) is 4. The van der Waals surface area contributed by atoms with Crippen LogP contribution in [0.25, 0.3) is 0 Å². The second-order valence-electron chi connectivity index (χ2n) is 5.69. The molecule has 1 atom stereocenters. The smallest absolute Gasteiger partial charge is 0.349 e. The van der Waals surface area contributed by atoms with E-state index in [1.807, 2.05) is 34.6 Å². The lowest BCUT2D eigenvalue weighted by molar-refractivity contribution is -0.124. The van der Waals surface area contributed by atoms with Gasteiger partial charge in [0, 0.05) is 10.9 Å². The summed E-state index contributed by atoms with van der Waals surface area (Å²) in [6.07, 6.45) is 0. The van der Waals surface area contributed by atoms with Crippen LogP contribution in [0.4, 0.5) is 0 Å². The molecular weight excluding hydrogens is 290 g/mol. The van der Waals surface area contributed by atoms with Gasteiger partial charge < -0.3 is 15.2 Å². The first-order valence-electron chi connectivity index (χ1n) is 7.01. The largest absolute Gasteiger partial charge is 0.482 e. The van der Waals surface area contributed by atoms with Crippen molar-refractivity contribution in [2.75, 3.05) is 6.61 Å². The Morgan fingerprint density at radius 3 is 2.38 bits per heavy atom. The highest BCUT2D eigenvalue weighted by Gasteiger charge is 2.19. The minimum Gasteiger partial charge on any atom is -0.482 e. The second-order valence-corrected chi connectivity index (χ2v) is 6.77. The molecule has 0 saturated heterocycles. The third-order valence-corrected chi connectivity index (χ3v) is 4.63. The Labute approximate surface area is 129 Å². The van der Waals surface area contributed by atoms with E-state index in [-0.39, 0.29) is 35.1 Å². The SMILES string of the molecule is CC(C)c1cc(OCC(=O)NC(C)C(C)C)c(C(=O)O)s1. The zero-order valence-electron chi connectivity index (χ0n) is 13.1. The summed E-state index contributed by atoms with van der Waals surface area (Å²) in [6, 6.07) is 1.76. The number of hydrogen-bond donors (Lipinski definition) is 2. The minimum atomic E-state index is -1.03. The summed E-state index contributed by atoms with van der Waals surface area (Å²) in [5, 5.41) is 12.0. The molecule has 1 aromatic rings. The molecule has 0 aliphatic heterocycles. The van der Waals surface area contributed by atoms with E-state index in [4.69, 9.17) is 4.74 Å². The fraction of sp³-hybridized carbons (Fsp3) is 0.600. The predicted molar refractivity (Wildman–Crippen MR) is 83.3 cm³/mol. The van der Waals surface area contributed by atoms with Crippen molar-refractivity contribution in [2.24, 2.45) is 5.92 Å². The van der Waals surface area contributed by atoms with Gasteiger partial charge in [0.25, 0.3) is 5.91 Å². The highest BCUT2D eigenvalue weighted by molar-refractivity contribution is 7.14. The van der Waals surface area contributed by atoms with E-state index >= 15 is 0 Å². The molecule has 118 valence electrons. The molecule has 0 aliphatic rings. The first-order valence-corrected chi connectivity index (χ1v) is 7.83. The minimum absolute atomic E-state index is 0.0498. The Morgan fingerprint density at radius 1 is 1.29 bits per heavy atom. The summed E-state index contributed by atoms with van der Waals surface area (Å²) in [4.78, 5) is 24.0. The highest BCUT2D eigenvalue weighted by Crippen LogP contribution is 2.33. The van der Waals surface area contributed by atoms with Crippen LogP contribution in [-0.4, -0.2) is 29.6 Å². The molecule has 0 aliphatic carbocycles. The lowest BCUT2D eigenvalue weighted by Crippen LogP contribution is -2.39. The normalized spacial score (nSPS) is 12.5. The molecule has 0 spiro atoms. The predicted octanol–water partition coefficient (Wildman–Crippen LogP) is 3.11. The van der Waals surface area contributed by atoms with Crippen LogP contribution in [0.15, 0.2) is 6.07 Å². The first kappa shape index (κ1) is 17.5. The first-order chi connectivity index (χ1) is 9.72. The number of carboxylic acid groups (broad SMARTS) is 1. The monoisotopic (exact) mass is 313 g/mol. The number of carbonyl (C=O) groups is 2. The number of thiophene rings is 1. The number of carbonyl (C=O) groups excluding carboxylic acids is 1. The summed E-state index contributed by atoms with van der Waals surface area (Å²) in [6.45, 7) is 9.75. The van der Waals surface area contributed by atoms with Crippen LogP contribution in [0.5, 0.6) is 5.75 Å². The van der Waals surface area contributed by atoms with Crippen LogP contribution >= 0.6 is 11.3 Å². The van der Waals surface area contributed by atoms with Crippen molar-refractivity contribution >= 4 is 23.2 Å². The standard InChI is InChI=1S/C15H23NO4S/c1-8(2)10(5)16-13(17)7-20-11-6-12(9(3)4)21-14(11)15(18)19/h6,8-10H,7H2,1-5H3,(H,16,17)(H,18,19). The third kappa shape index (κ3) is 5.04. The van der Waals surface area contributed by atoms with Crippen LogP contribution in [0, 0.1) is 5.92 Å². The quantitative estimate of drug-likeness (QED) is 0.811. The zero-order chi connectivity index (χ0) is 16.2. The third-order valence-electron chi connectivity index (χ3n) is 3.23. The van der Waals surface area contributed by atoms with Crippen molar-refractivity contribution < 1.29 is 19.4 Å². The number of aromatic carboxylic acids is 1. The molecule has 1 unspecified atom stereocenters. The van der Waals surface area contributed by atoms with E-state index in [1.165, 1.54) is 11.3 Å². The van der Waals surface area contributed by atoms with E-state index in [9.17, 15) is 14.7 Å². The maximum Gasteiger partial charge on any atom is 0.349 e. The van der Waals surface area contributed by atoms with E-state index in [2.05, 4.69) is 5.32 Å². The average Bonchev–Trinajstić information content (AvgIpc) is 2.80. The fourth-order valence-corrected chi connectivity index (χ4v) is 2.48. The Morgan fingerprint density at radius 2 is 1.90 bits per heavy atom. The van der Waals surface area contributed by atoms with Gasteiger partial charge in [-0.05, 0) is 24.8 Å². The number of carboxylic acids is 1. The van der Waals surface area contributed by atoms with Gasteiger partial charge in [-0.1, -0.05) is 27.7 Å². The zero-order valence-corrected chi connectivity index (χ0v) is 13.9. The topological polar surface area (TPSA) is 75.6 Å². The number of ether oxygens (including phenoxy) is 1. The fourth-order valence-electron chi connectivity index (χ4n) is 1.54. The van der Waals surface area contributed by atoms with Crippen molar-refractivity contribution in [3.05, 3.63) is 15.8 Å². The van der Waals surface area contributed by atoms with Gasteiger partial charge in [0.05, 0.1) is 0 Å². The average molecular weight is 313 g/mol. The number of amides is 1. The summed E-state index contributed by atoms with van der Waals surface area (Å²) >= 11 is 1.19. The van der Waals surface area contributed by atoms with Crippen molar-refractivity contribution in [3.8, 4) is 5.75 Å². The van der Waals surface area contributed by atoms with Crippen LogP contribution < -0.4 is 10.1 Å². The van der Waals surface area contributed by atoms with Crippen molar-refractivity contribution in [1.82, 2.24) is 5.32 Å². The van der Waals surface area contributed by atoms with Gasteiger partial charge in [-0.25, -0.2) is 4.79 Å². The molecule has 0 bridgehead atoms. The summed E-state index contributed by atoms with van der Waals surface area (Å²) < 4.78 is 5.39. The van der Waals surface area contributed by atoms with E-state index in [1.54, 1.807) is 6.07 Å². The van der Waals surface area contributed by atoms with Crippen LogP contribution in [0.3, 0.4) is 0 Å². The molecule has 1 amide bonds. The van der Waals surface area contributed by atoms with Crippen LogP contribution in [0.2, 0.25) is 0 Å². The number of nitrogens with one attached hydrogen (secondary N) is 1. The Hall–Kier alpha value is -1.56. The van der Waals surface area contributed by atoms with Crippen LogP contribution in [0.1, 0.15) is 55.1 Å². The van der Waals surface area contributed by atoms with Crippen molar-refractivity contribution in [2.45, 2.75) is 46.6 Å². The van der Waals surface area contributed by atoms with Gasteiger partial charge in [-0.3, -0.25) is 4.79 Å². The molecule has 1 rings (SSSR count). The maximum atomic E-state index is 11.8. The molecule has 1 aromatic heterocycles. The van der Waals surface area contributed by atoms with Gasteiger partial charge >= 0.3 is 5.97 Å². The lowest BCUT2D eigenvalue weighted by Gasteiger charge is -2.17. The van der Waals surface area contributed by atoms with Crippen molar-refractivity contribution in [1.29, 1.82) is 0 Å². The summed E-state index contributed by atoms with van der Waals surface area (Å²) in [5.74, 6) is -0.455. The molecule has 0 fully saturated rings. The second kappa shape index (κ2) is 7.45. The lowest BCUT2D eigenvalue weighted by atomic mass is 10.1. The van der Waals surface area contributed by atoms with Gasteiger partial charge in [0.15, 0.2) is 11.5 Å². The molecule has 6 heteroatoms. The Kier molecular flexibility index (Phi) is 6.20. The molecule has 1 heterocycles. The molecule has 21 heavy (non-hydrogen) atoms. The van der Waals surface area contributed by atoms with Gasteiger partial charge in [-0.15, -0.1) is 11.3 Å². The van der Waals surface area contributed by atoms with E-state index < -0.39 is 5.97 Å². The molecule has 0 aromatic carbocycles. The van der Waals surface area contributed by atoms with Gasteiger partial charge in [-0.2, -0.15) is 0 Å². The van der Waals surface area contributed by atoms with Gasteiger partial charge in [0.1, 0.15) is 5.75 Å². The molecule has 0 radical (unpaired) electrons. The molecule has 2 N–H and O–H groups in total. The number of rotatable bonds is 7.